The molecule has 5 nitrogen and oxygen atoms in total. The molecule has 84 valence electrons. The summed E-state index contributed by atoms with van der Waals surface area (Å²) in [7, 11) is 0. The van der Waals surface area contributed by atoms with Crippen molar-refractivity contribution in [2.75, 3.05) is 6.61 Å². The number of rotatable bonds is 1. The van der Waals surface area contributed by atoms with Gasteiger partial charge in [0.05, 0.1) is 13.0 Å². The molecule has 0 aromatic carbocycles. The maximum absolute atomic E-state index is 10.7. The molecule has 0 atom stereocenters. The van der Waals surface area contributed by atoms with Gasteiger partial charge in [0, 0.05) is 6.92 Å². The molecule has 1 aliphatic heterocycles. The zero-order valence-electron chi connectivity index (χ0n) is 8.90. The highest BCUT2D eigenvalue weighted by molar-refractivity contribution is 5.80. The van der Waals surface area contributed by atoms with Crippen LogP contribution in [0.4, 0.5) is 0 Å². The van der Waals surface area contributed by atoms with Crippen molar-refractivity contribution in [3.63, 3.8) is 0 Å². The Balaban J connectivity index is 0.000000134. The molecular formula is C11H12N2O3. The first-order valence-electron chi connectivity index (χ1n) is 5.00. The fraction of sp³-hybridized carbons (Fsp3) is 0.273. The van der Waals surface area contributed by atoms with Crippen LogP contribution < -0.4 is 5.43 Å². The predicted molar refractivity (Wildman–Crippen MR) is 56.7 cm³/mol. The fourth-order valence-corrected chi connectivity index (χ4v) is 1.30. The van der Waals surface area contributed by atoms with E-state index >= 15 is 0 Å². The maximum atomic E-state index is 10.7. The van der Waals surface area contributed by atoms with Crippen molar-refractivity contribution in [2.24, 2.45) is 0 Å². The Bertz CT molecular complexity index is 393. The lowest BCUT2D eigenvalue weighted by Gasteiger charge is -2.12. The SMILES string of the molecule is CC(=O)NN1OCCC1=O.c1cc2ccc1-2. The summed E-state index contributed by atoms with van der Waals surface area (Å²) in [5.41, 5.74) is 5.07. The third-order valence-electron chi connectivity index (χ3n) is 2.24. The number of benzene rings is 1. The van der Waals surface area contributed by atoms with Crippen LogP contribution in [0.3, 0.4) is 0 Å². The average molecular weight is 220 g/mol. The molecule has 16 heavy (non-hydrogen) atoms. The molecule has 0 bridgehead atoms. The zero-order valence-corrected chi connectivity index (χ0v) is 8.90. The summed E-state index contributed by atoms with van der Waals surface area (Å²) in [5.74, 6) is -0.523. The molecule has 1 fully saturated rings. The molecule has 0 radical (unpaired) electrons. The van der Waals surface area contributed by atoms with Crippen molar-refractivity contribution >= 4 is 11.8 Å². The van der Waals surface area contributed by atoms with Crippen LogP contribution in [0, 0.1) is 0 Å². The van der Waals surface area contributed by atoms with Crippen LogP contribution in [-0.2, 0) is 14.4 Å². The van der Waals surface area contributed by atoms with E-state index in [-0.39, 0.29) is 11.8 Å². The van der Waals surface area contributed by atoms with Gasteiger partial charge < -0.3 is 0 Å². The number of hydrogen-bond donors (Lipinski definition) is 1. The summed E-state index contributed by atoms with van der Waals surface area (Å²) in [6.45, 7) is 1.66. The highest BCUT2D eigenvalue weighted by Crippen LogP contribution is 2.29. The van der Waals surface area contributed by atoms with Crippen LogP contribution in [0.15, 0.2) is 24.3 Å². The second-order valence-electron chi connectivity index (χ2n) is 3.52. The number of nitrogens with one attached hydrogen (secondary N) is 1. The summed E-state index contributed by atoms with van der Waals surface area (Å²) >= 11 is 0. The molecule has 2 amide bonds. The number of hydrogen-bond acceptors (Lipinski definition) is 3. The quantitative estimate of drug-likeness (QED) is 0.775. The first kappa shape index (κ1) is 10.6. The van der Waals surface area contributed by atoms with E-state index in [2.05, 4.69) is 29.7 Å². The zero-order chi connectivity index (χ0) is 11.5. The minimum absolute atomic E-state index is 0.213. The van der Waals surface area contributed by atoms with Gasteiger partial charge in [0.25, 0.3) is 5.91 Å². The number of carbonyl (C=O) groups excluding carboxylic acids is 2. The van der Waals surface area contributed by atoms with Crippen molar-refractivity contribution < 1.29 is 14.4 Å². The summed E-state index contributed by atoms with van der Waals surface area (Å²) in [4.78, 5) is 25.8. The lowest BCUT2D eigenvalue weighted by molar-refractivity contribution is -0.182. The van der Waals surface area contributed by atoms with Crippen molar-refractivity contribution in [3.8, 4) is 11.1 Å². The van der Waals surface area contributed by atoms with Gasteiger partial charge in [-0.1, -0.05) is 24.3 Å². The van der Waals surface area contributed by atoms with Crippen LogP contribution in [-0.4, -0.2) is 23.6 Å². The van der Waals surface area contributed by atoms with Crippen molar-refractivity contribution in [3.05, 3.63) is 24.3 Å². The maximum Gasteiger partial charge on any atom is 0.269 e. The fourth-order valence-electron chi connectivity index (χ4n) is 1.30. The Morgan fingerprint density at radius 1 is 1.31 bits per heavy atom. The monoisotopic (exact) mass is 220 g/mol. The number of hydroxylamine groups is 1. The van der Waals surface area contributed by atoms with E-state index in [0.717, 1.165) is 5.17 Å². The molecule has 1 N–H and O–H groups in total. The van der Waals surface area contributed by atoms with Gasteiger partial charge in [0.2, 0.25) is 5.91 Å². The normalized spacial score (nSPS) is 15.3. The molecule has 3 rings (SSSR count). The molecular weight excluding hydrogens is 208 g/mol. The summed E-state index contributed by atoms with van der Waals surface area (Å²) < 4.78 is 0. The molecule has 5 heteroatoms. The van der Waals surface area contributed by atoms with Crippen LogP contribution in [0.25, 0.3) is 11.1 Å². The van der Waals surface area contributed by atoms with Gasteiger partial charge in [-0.25, -0.2) is 5.43 Å². The van der Waals surface area contributed by atoms with Gasteiger partial charge in [-0.05, 0) is 11.1 Å². The number of nitrogens with zero attached hydrogens (tertiary/aromatic N) is 1. The minimum atomic E-state index is -0.310. The Hall–Kier alpha value is -1.88. The highest BCUT2D eigenvalue weighted by Gasteiger charge is 2.21. The molecule has 1 saturated heterocycles. The molecule has 1 heterocycles. The molecule has 3 aliphatic rings. The molecule has 2 aliphatic carbocycles. The molecule has 0 aromatic heterocycles. The second kappa shape index (κ2) is 4.32. The Morgan fingerprint density at radius 3 is 2.12 bits per heavy atom. The second-order valence-corrected chi connectivity index (χ2v) is 3.52. The topological polar surface area (TPSA) is 58.6 Å². The predicted octanol–water partition coefficient (Wildman–Crippen LogP) is 0.868. The van der Waals surface area contributed by atoms with Gasteiger partial charge in [-0.3, -0.25) is 14.4 Å². The van der Waals surface area contributed by atoms with E-state index in [1.54, 1.807) is 0 Å². The van der Waals surface area contributed by atoms with E-state index < -0.39 is 0 Å². The van der Waals surface area contributed by atoms with E-state index in [1.165, 1.54) is 18.1 Å². The van der Waals surface area contributed by atoms with Gasteiger partial charge in [0.15, 0.2) is 0 Å². The van der Waals surface area contributed by atoms with Crippen LogP contribution in [0.1, 0.15) is 13.3 Å². The van der Waals surface area contributed by atoms with Crippen molar-refractivity contribution in [2.45, 2.75) is 13.3 Å². The molecule has 0 saturated carbocycles. The van der Waals surface area contributed by atoms with Crippen molar-refractivity contribution in [1.29, 1.82) is 0 Å². The molecule has 0 unspecified atom stereocenters. The third kappa shape index (κ3) is 2.20. The Labute approximate surface area is 92.9 Å². The van der Waals surface area contributed by atoms with Gasteiger partial charge in [-0.2, -0.15) is 0 Å². The Morgan fingerprint density at radius 2 is 1.88 bits per heavy atom. The van der Waals surface area contributed by atoms with Crippen LogP contribution in [0.2, 0.25) is 0 Å². The lowest BCUT2D eigenvalue weighted by Crippen LogP contribution is -2.40. The summed E-state index contributed by atoms with van der Waals surface area (Å²) in [5, 5.41) is 0.863. The van der Waals surface area contributed by atoms with E-state index in [4.69, 9.17) is 4.84 Å². The standard InChI is InChI=1S/C6H4.C5H8N2O3/c1-2-6-4-3-5(1)6;1-4(8)6-7-5(9)2-3-10-7/h1-4H;2-3H2,1H3,(H,6,8). The first-order chi connectivity index (χ1) is 7.66. The summed E-state index contributed by atoms with van der Waals surface area (Å²) in [6, 6.07) is 8.48. The van der Waals surface area contributed by atoms with Gasteiger partial charge in [0.1, 0.15) is 0 Å². The van der Waals surface area contributed by atoms with E-state index in [1.807, 2.05) is 0 Å². The Kier molecular flexibility index (Phi) is 2.87. The number of fused-ring (bicyclic) bond motifs is 1. The third-order valence-corrected chi connectivity index (χ3v) is 2.24. The lowest BCUT2D eigenvalue weighted by atomic mass is 9.95. The minimum Gasteiger partial charge on any atom is -0.274 e. The molecule has 0 aromatic rings. The number of amides is 2. The first-order valence-corrected chi connectivity index (χ1v) is 5.00. The highest BCUT2D eigenvalue weighted by atomic mass is 16.7. The summed E-state index contributed by atoms with van der Waals surface area (Å²) in [6.07, 6.45) is 0.334. The average Bonchev–Trinajstić information content (AvgIpc) is 2.58. The van der Waals surface area contributed by atoms with E-state index in [9.17, 15) is 9.59 Å². The van der Waals surface area contributed by atoms with Crippen molar-refractivity contribution in [1.82, 2.24) is 10.6 Å². The number of carbonyl (C=O) groups is 2. The smallest absolute Gasteiger partial charge is 0.269 e. The molecule has 0 spiro atoms. The largest absolute Gasteiger partial charge is 0.274 e. The van der Waals surface area contributed by atoms with Crippen LogP contribution >= 0.6 is 0 Å². The van der Waals surface area contributed by atoms with Gasteiger partial charge >= 0.3 is 0 Å². The van der Waals surface area contributed by atoms with Gasteiger partial charge in [-0.15, -0.1) is 5.17 Å². The van der Waals surface area contributed by atoms with Crippen LogP contribution in [0.5, 0.6) is 0 Å². The van der Waals surface area contributed by atoms with E-state index in [0.29, 0.717) is 13.0 Å². The number of hydrazine groups is 1.